The Labute approximate surface area is 165 Å². The molecule has 26 heavy (non-hydrogen) atoms. The Morgan fingerprint density at radius 2 is 2.04 bits per heavy atom. The number of fused-ring (bicyclic) bond motifs is 4. The van der Waals surface area contributed by atoms with E-state index in [4.69, 9.17) is 0 Å². The van der Waals surface area contributed by atoms with Crippen molar-refractivity contribution in [2.75, 3.05) is 0 Å². The standard InChI is InChI=1S/C17H18IN3O4S/c18-8-10-1-3-13(4-2-10)26(24,25)21-12-5-11(17(22)23)6-16(21)14-9-19-20-15(14)7-12/h1-4,9,11-12,16H,5-8H2,(H,19,20)(H,22,23). The molecule has 1 fully saturated rings. The summed E-state index contributed by atoms with van der Waals surface area (Å²) in [5.74, 6) is -1.41. The molecule has 2 aromatic rings. The summed E-state index contributed by atoms with van der Waals surface area (Å²) in [6.07, 6.45) is 2.67. The minimum Gasteiger partial charge on any atom is -0.481 e. The number of carboxylic acids is 1. The summed E-state index contributed by atoms with van der Waals surface area (Å²) < 4.78 is 29.0. The molecule has 2 aliphatic rings. The molecule has 2 N–H and O–H groups in total. The summed E-state index contributed by atoms with van der Waals surface area (Å²) in [7, 11) is -3.72. The normalized spacial score (nSPS) is 25.7. The number of H-pyrrole nitrogens is 1. The molecule has 3 unspecified atom stereocenters. The molecule has 0 aliphatic carbocycles. The number of sulfonamides is 1. The molecule has 4 rings (SSSR count). The number of nitrogens with one attached hydrogen (secondary N) is 1. The third kappa shape index (κ3) is 2.85. The molecule has 1 aromatic carbocycles. The van der Waals surface area contributed by atoms with E-state index < -0.39 is 28.0 Å². The number of hydrogen-bond donors (Lipinski definition) is 2. The van der Waals surface area contributed by atoms with Crippen molar-refractivity contribution in [3.05, 3.63) is 47.3 Å². The molecule has 2 bridgehead atoms. The fourth-order valence-corrected chi connectivity index (χ4v) is 6.36. The van der Waals surface area contributed by atoms with Crippen LogP contribution in [0.25, 0.3) is 0 Å². The lowest BCUT2D eigenvalue weighted by atomic mass is 9.79. The maximum absolute atomic E-state index is 13.4. The van der Waals surface area contributed by atoms with Gasteiger partial charge >= 0.3 is 5.97 Å². The lowest BCUT2D eigenvalue weighted by Crippen LogP contribution is -2.52. The number of aromatic amines is 1. The fraction of sp³-hybridized carbons (Fsp3) is 0.412. The van der Waals surface area contributed by atoms with E-state index in [1.165, 1.54) is 4.31 Å². The van der Waals surface area contributed by atoms with Crippen LogP contribution >= 0.6 is 22.6 Å². The van der Waals surface area contributed by atoms with Crippen molar-refractivity contribution in [1.82, 2.24) is 14.5 Å². The van der Waals surface area contributed by atoms with Crippen LogP contribution in [0.15, 0.2) is 35.4 Å². The highest BCUT2D eigenvalue weighted by molar-refractivity contribution is 14.1. The zero-order valence-corrected chi connectivity index (χ0v) is 16.8. The van der Waals surface area contributed by atoms with E-state index in [2.05, 4.69) is 32.8 Å². The van der Waals surface area contributed by atoms with Crippen molar-refractivity contribution in [3.8, 4) is 0 Å². The van der Waals surface area contributed by atoms with Crippen LogP contribution in [0.2, 0.25) is 0 Å². The highest BCUT2D eigenvalue weighted by atomic mass is 127. The molecule has 3 atom stereocenters. The maximum Gasteiger partial charge on any atom is 0.306 e. The predicted molar refractivity (Wildman–Crippen MR) is 102 cm³/mol. The Balaban J connectivity index is 1.76. The zero-order valence-electron chi connectivity index (χ0n) is 13.8. The number of aliphatic carboxylic acids is 1. The third-order valence-electron chi connectivity index (χ3n) is 5.28. The average Bonchev–Trinajstić information content (AvgIpc) is 3.09. The largest absolute Gasteiger partial charge is 0.481 e. The van der Waals surface area contributed by atoms with Crippen LogP contribution in [-0.2, 0) is 25.7 Å². The number of benzene rings is 1. The van der Waals surface area contributed by atoms with Gasteiger partial charge in [0.25, 0.3) is 0 Å². The second-order valence-corrected chi connectivity index (χ2v) is 9.40. The Morgan fingerprint density at radius 1 is 1.31 bits per heavy atom. The Morgan fingerprint density at radius 3 is 2.69 bits per heavy atom. The molecule has 3 heterocycles. The molecule has 0 radical (unpaired) electrons. The zero-order chi connectivity index (χ0) is 18.5. The SMILES string of the molecule is O=C(O)C1CC2Cc3[nH]ncc3C(C1)N2S(=O)(=O)c1ccc(CI)cc1. The van der Waals surface area contributed by atoms with Crippen molar-refractivity contribution in [2.24, 2.45) is 5.92 Å². The molecule has 2 aliphatic heterocycles. The first-order valence-corrected chi connectivity index (χ1v) is 11.3. The van der Waals surface area contributed by atoms with Crippen LogP contribution in [0.5, 0.6) is 0 Å². The number of hydrogen-bond acceptors (Lipinski definition) is 4. The summed E-state index contributed by atoms with van der Waals surface area (Å²) >= 11 is 2.23. The first-order chi connectivity index (χ1) is 12.4. The second-order valence-electron chi connectivity index (χ2n) is 6.80. The van der Waals surface area contributed by atoms with Crippen LogP contribution < -0.4 is 0 Å². The fourth-order valence-electron chi connectivity index (χ4n) is 4.04. The summed E-state index contributed by atoms with van der Waals surface area (Å²) in [4.78, 5) is 11.8. The number of nitrogens with zero attached hydrogens (tertiary/aromatic N) is 2. The van der Waals surface area contributed by atoms with E-state index in [1.807, 2.05) is 12.1 Å². The lowest BCUT2D eigenvalue weighted by molar-refractivity contribution is -0.144. The molecule has 1 aromatic heterocycles. The van der Waals surface area contributed by atoms with Crippen molar-refractivity contribution >= 4 is 38.6 Å². The summed E-state index contributed by atoms with van der Waals surface area (Å²) in [5, 5.41) is 16.5. The van der Waals surface area contributed by atoms with Gasteiger partial charge in [0, 0.05) is 28.1 Å². The van der Waals surface area contributed by atoms with Gasteiger partial charge in [0.1, 0.15) is 0 Å². The molecular weight excluding hydrogens is 469 g/mol. The number of rotatable bonds is 4. The quantitative estimate of drug-likeness (QED) is 0.510. The monoisotopic (exact) mass is 487 g/mol. The van der Waals surface area contributed by atoms with Gasteiger partial charge in [-0.3, -0.25) is 9.89 Å². The van der Waals surface area contributed by atoms with Crippen LogP contribution in [0, 0.1) is 5.92 Å². The first-order valence-electron chi connectivity index (χ1n) is 8.35. The molecule has 0 saturated carbocycles. The molecular formula is C17H18IN3O4S. The number of piperidine rings is 1. The van der Waals surface area contributed by atoms with Crippen LogP contribution in [0.4, 0.5) is 0 Å². The average molecular weight is 487 g/mol. The smallest absolute Gasteiger partial charge is 0.306 e. The predicted octanol–water partition coefficient (Wildman–Crippen LogP) is 2.50. The van der Waals surface area contributed by atoms with Gasteiger partial charge in [-0.1, -0.05) is 34.7 Å². The van der Waals surface area contributed by atoms with Gasteiger partial charge in [-0.15, -0.1) is 0 Å². The molecule has 1 saturated heterocycles. The van der Waals surface area contributed by atoms with Crippen LogP contribution in [-0.4, -0.2) is 40.0 Å². The third-order valence-corrected chi connectivity index (χ3v) is 8.14. The summed E-state index contributed by atoms with van der Waals surface area (Å²) in [6, 6.07) is 6.05. The Bertz CT molecular complexity index is 941. The highest BCUT2D eigenvalue weighted by Gasteiger charge is 2.49. The number of carbonyl (C=O) groups is 1. The van der Waals surface area contributed by atoms with Gasteiger partial charge < -0.3 is 5.11 Å². The van der Waals surface area contributed by atoms with E-state index in [0.717, 1.165) is 21.2 Å². The number of carboxylic acid groups (broad SMARTS) is 1. The highest BCUT2D eigenvalue weighted by Crippen LogP contribution is 2.46. The van der Waals surface area contributed by atoms with Crippen LogP contribution in [0.1, 0.15) is 35.7 Å². The van der Waals surface area contributed by atoms with Gasteiger partial charge in [-0.2, -0.15) is 9.40 Å². The molecule has 0 spiro atoms. The van der Waals surface area contributed by atoms with E-state index in [1.54, 1.807) is 18.3 Å². The van der Waals surface area contributed by atoms with Gasteiger partial charge in [-0.05, 0) is 30.5 Å². The van der Waals surface area contributed by atoms with Crippen molar-refractivity contribution in [3.63, 3.8) is 0 Å². The van der Waals surface area contributed by atoms with E-state index in [0.29, 0.717) is 12.8 Å². The molecule has 0 amide bonds. The lowest BCUT2D eigenvalue weighted by Gasteiger charge is -2.46. The maximum atomic E-state index is 13.4. The van der Waals surface area contributed by atoms with E-state index >= 15 is 0 Å². The second kappa shape index (κ2) is 6.61. The number of aromatic nitrogens is 2. The van der Waals surface area contributed by atoms with Crippen LogP contribution in [0.3, 0.4) is 0 Å². The molecule has 7 nitrogen and oxygen atoms in total. The number of alkyl halides is 1. The van der Waals surface area contributed by atoms with Gasteiger partial charge in [-0.25, -0.2) is 8.42 Å². The van der Waals surface area contributed by atoms with Crippen molar-refractivity contribution < 1.29 is 18.3 Å². The number of halogens is 1. The van der Waals surface area contributed by atoms with Gasteiger partial charge in [0.15, 0.2) is 0 Å². The Hall–Kier alpha value is -1.46. The topological polar surface area (TPSA) is 103 Å². The summed E-state index contributed by atoms with van der Waals surface area (Å²) in [6.45, 7) is 0. The Kier molecular flexibility index (Phi) is 4.56. The minimum atomic E-state index is -3.72. The van der Waals surface area contributed by atoms with E-state index in [9.17, 15) is 18.3 Å². The molecule has 9 heteroatoms. The molecule has 138 valence electrons. The van der Waals surface area contributed by atoms with E-state index in [-0.39, 0.29) is 17.4 Å². The van der Waals surface area contributed by atoms with Gasteiger partial charge in [0.2, 0.25) is 10.0 Å². The summed E-state index contributed by atoms with van der Waals surface area (Å²) in [5.41, 5.74) is 2.77. The first kappa shape index (κ1) is 17.9. The van der Waals surface area contributed by atoms with Crippen molar-refractivity contribution in [1.29, 1.82) is 0 Å². The minimum absolute atomic E-state index is 0.252. The van der Waals surface area contributed by atoms with Crippen molar-refractivity contribution in [2.45, 2.75) is 40.7 Å². The van der Waals surface area contributed by atoms with Gasteiger partial charge in [0.05, 0.1) is 23.1 Å².